The first-order valence-electron chi connectivity index (χ1n) is 6.75. The molecule has 0 radical (unpaired) electrons. The van der Waals surface area contributed by atoms with Crippen LogP contribution in [0.3, 0.4) is 0 Å². The second-order valence-electron chi connectivity index (χ2n) is 5.28. The summed E-state index contributed by atoms with van der Waals surface area (Å²) in [6, 6.07) is 0.431. The van der Waals surface area contributed by atoms with Crippen molar-refractivity contribution in [2.24, 2.45) is 5.41 Å². The van der Waals surface area contributed by atoms with Crippen LogP contribution in [0.2, 0.25) is 0 Å². The number of hydrogen-bond donors (Lipinski definition) is 1. The van der Waals surface area contributed by atoms with Crippen molar-refractivity contribution in [1.82, 2.24) is 5.32 Å². The van der Waals surface area contributed by atoms with Gasteiger partial charge in [0.15, 0.2) is 0 Å². The first-order valence-corrected chi connectivity index (χ1v) is 6.75. The van der Waals surface area contributed by atoms with Gasteiger partial charge < -0.3 is 10.1 Å². The van der Waals surface area contributed by atoms with E-state index >= 15 is 0 Å². The summed E-state index contributed by atoms with van der Waals surface area (Å²) in [6.45, 7) is 7.45. The molecule has 1 aliphatic rings. The van der Waals surface area contributed by atoms with E-state index in [4.69, 9.17) is 4.74 Å². The second kappa shape index (κ2) is 6.24. The standard InChI is InChI=1S/C13H24F3NO/c1-4-12(3)10(17-5-2)9-11(12)18-8-6-7-13(14,15)16/h10-11,17H,4-9H2,1-3H3. The predicted molar refractivity (Wildman–Crippen MR) is 65.5 cm³/mol. The zero-order valence-electron chi connectivity index (χ0n) is 11.4. The van der Waals surface area contributed by atoms with E-state index in [-0.39, 0.29) is 24.5 Å². The minimum absolute atomic E-state index is 0.0612. The number of halogens is 3. The molecule has 0 aromatic heterocycles. The van der Waals surface area contributed by atoms with E-state index in [1.54, 1.807) is 0 Å². The van der Waals surface area contributed by atoms with Crippen LogP contribution < -0.4 is 5.32 Å². The Morgan fingerprint density at radius 1 is 1.33 bits per heavy atom. The van der Waals surface area contributed by atoms with Gasteiger partial charge in [0.2, 0.25) is 0 Å². The van der Waals surface area contributed by atoms with Crippen molar-refractivity contribution in [2.45, 2.75) is 64.8 Å². The van der Waals surface area contributed by atoms with E-state index in [0.717, 1.165) is 19.4 Å². The van der Waals surface area contributed by atoms with Crippen LogP contribution in [-0.2, 0) is 4.74 Å². The van der Waals surface area contributed by atoms with Crippen LogP contribution in [-0.4, -0.2) is 31.5 Å². The van der Waals surface area contributed by atoms with Gasteiger partial charge >= 0.3 is 6.18 Å². The molecule has 0 saturated heterocycles. The maximum atomic E-state index is 12.0. The summed E-state index contributed by atoms with van der Waals surface area (Å²) in [5.74, 6) is 0. The van der Waals surface area contributed by atoms with Crippen molar-refractivity contribution in [3.63, 3.8) is 0 Å². The van der Waals surface area contributed by atoms with Crippen molar-refractivity contribution in [3.8, 4) is 0 Å². The van der Waals surface area contributed by atoms with E-state index in [2.05, 4.69) is 26.1 Å². The van der Waals surface area contributed by atoms with Crippen LogP contribution >= 0.6 is 0 Å². The molecule has 0 aliphatic heterocycles. The van der Waals surface area contributed by atoms with Crippen molar-refractivity contribution < 1.29 is 17.9 Å². The summed E-state index contributed by atoms with van der Waals surface area (Å²) in [7, 11) is 0. The summed E-state index contributed by atoms with van der Waals surface area (Å²) in [5, 5.41) is 3.41. The minimum atomic E-state index is -4.07. The Hall–Kier alpha value is -0.290. The van der Waals surface area contributed by atoms with Crippen LogP contribution in [0.15, 0.2) is 0 Å². The monoisotopic (exact) mass is 267 g/mol. The Morgan fingerprint density at radius 3 is 2.50 bits per heavy atom. The van der Waals surface area contributed by atoms with Gasteiger partial charge in [-0.2, -0.15) is 13.2 Å². The molecule has 108 valence electrons. The third-order valence-corrected chi connectivity index (χ3v) is 4.12. The third-order valence-electron chi connectivity index (χ3n) is 4.12. The molecule has 1 fully saturated rings. The summed E-state index contributed by atoms with van der Waals surface area (Å²) in [5.41, 5.74) is 0.0637. The minimum Gasteiger partial charge on any atom is -0.378 e. The molecule has 1 aliphatic carbocycles. The fourth-order valence-electron chi connectivity index (χ4n) is 2.61. The Morgan fingerprint density at radius 2 is 2.00 bits per heavy atom. The highest BCUT2D eigenvalue weighted by atomic mass is 19.4. The molecule has 3 unspecified atom stereocenters. The van der Waals surface area contributed by atoms with Gasteiger partial charge in [0.1, 0.15) is 0 Å². The first-order chi connectivity index (χ1) is 8.33. The molecule has 2 nitrogen and oxygen atoms in total. The molecule has 0 spiro atoms. The van der Waals surface area contributed by atoms with E-state index in [1.165, 1.54) is 0 Å². The molecule has 0 aromatic rings. The van der Waals surface area contributed by atoms with Gasteiger partial charge in [0.25, 0.3) is 0 Å². The molecule has 0 aromatic carbocycles. The molecule has 3 atom stereocenters. The highest BCUT2D eigenvalue weighted by Crippen LogP contribution is 2.45. The maximum absolute atomic E-state index is 12.0. The summed E-state index contributed by atoms with van der Waals surface area (Å²) in [6.07, 6.45) is -2.77. The van der Waals surface area contributed by atoms with Gasteiger partial charge in [-0.25, -0.2) is 0 Å². The smallest absolute Gasteiger partial charge is 0.378 e. The molecule has 1 rings (SSSR count). The Kier molecular flexibility index (Phi) is 5.46. The Labute approximate surface area is 107 Å². The van der Waals surface area contributed by atoms with Gasteiger partial charge in [-0.05, 0) is 25.8 Å². The van der Waals surface area contributed by atoms with E-state index in [1.807, 2.05) is 0 Å². The molecule has 1 saturated carbocycles. The van der Waals surface area contributed by atoms with Crippen LogP contribution in [0.25, 0.3) is 0 Å². The largest absolute Gasteiger partial charge is 0.389 e. The lowest BCUT2D eigenvalue weighted by atomic mass is 9.61. The van der Waals surface area contributed by atoms with Crippen LogP contribution in [0.1, 0.15) is 46.5 Å². The van der Waals surface area contributed by atoms with Crippen molar-refractivity contribution in [3.05, 3.63) is 0 Å². The lowest BCUT2D eigenvalue weighted by Crippen LogP contribution is -2.62. The number of hydrogen-bond acceptors (Lipinski definition) is 2. The van der Waals surface area contributed by atoms with Crippen molar-refractivity contribution in [2.75, 3.05) is 13.2 Å². The molecular weight excluding hydrogens is 243 g/mol. The molecule has 1 N–H and O–H groups in total. The molecule has 0 bridgehead atoms. The fourth-order valence-corrected chi connectivity index (χ4v) is 2.61. The maximum Gasteiger partial charge on any atom is 0.389 e. The predicted octanol–water partition coefficient (Wildman–Crippen LogP) is 3.51. The van der Waals surface area contributed by atoms with Gasteiger partial charge in [-0.1, -0.05) is 20.8 Å². The lowest BCUT2D eigenvalue weighted by molar-refractivity contribution is -0.152. The first kappa shape index (κ1) is 15.8. The average molecular weight is 267 g/mol. The highest BCUT2D eigenvalue weighted by molar-refractivity contribution is 5.04. The SMILES string of the molecule is CCNC1CC(OCCCC(F)(F)F)C1(C)CC. The summed E-state index contributed by atoms with van der Waals surface area (Å²) < 4.78 is 41.6. The molecular formula is C13H24F3NO. The Bertz CT molecular complexity index is 257. The number of alkyl halides is 3. The second-order valence-corrected chi connectivity index (χ2v) is 5.28. The lowest BCUT2D eigenvalue weighted by Gasteiger charge is -2.53. The quantitative estimate of drug-likeness (QED) is 0.713. The third kappa shape index (κ3) is 3.85. The van der Waals surface area contributed by atoms with Crippen LogP contribution in [0.4, 0.5) is 13.2 Å². The normalized spacial score (nSPS) is 32.3. The van der Waals surface area contributed by atoms with Crippen molar-refractivity contribution >= 4 is 0 Å². The summed E-state index contributed by atoms with van der Waals surface area (Å²) in [4.78, 5) is 0. The van der Waals surface area contributed by atoms with Crippen LogP contribution in [0.5, 0.6) is 0 Å². The van der Waals surface area contributed by atoms with Gasteiger partial charge in [-0.15, -0.1) is 0 Å². The zero-order chi connectivity index (χ0) is 13.8. The molecule has 0 heterocycles. The fraction of sp³-hybridized carbons (Fsp3) is 1.00. The van der Waals surface area contributed by atoms with Crippen LogP contribution in [0, 0.1) is 5.41 Å². The van der Waals surface area contributed by atoms with Gasteiger partial charge in [0, 0.05) is 24.5 Å². The molecule has 5 heteroatoms. The average Bonchev–Trinajstić information content (AvgIpc) is 2.29. The van der Waals surface area contributed by atoms with Crippen molar-refractivity contribution in [1.29, 1.82) is 0 Å². The zero-order valence-corrected chi connectivity index (χ0v) is 11.4. The highest BCUT2D eigenvalue weighted by Gasteiger charge is 2.50. The number of rotatable bonds is 7. The topological polar surface area (TPSA) is 21.3 Å². The molecule has 18 heavy (non-hydrogen) atoms. The van der Waals surface area contributed by atoms with E-state index in [0.29, 0.717) is 6.04 Å². The van der Waals surface area contributed by atoms with E-state index in [9.17, 15) is 13.2 Å². The summed E-state index contributed by atoms with van der Waals surface area (Å²) >= 11 is 0. The Balaban J connectivity index is 2.28. The molecule has 0 amide bonds. The van der Waals surface area contributed by atoms with Gasteiger partial charge in [0.05, 0.1) is 6.10 Å². The van der Waals surface area contributed by atoms with Gasteiger partial charge in [-0.3, -0.25) is 0 Å². The number of nitrogens with one attached hydrogen (secondary N) is 1. The number of ether oxygens (including phenoxy) is 1. The van der Waals surface area contributed by atoms with E-state index < -0.39 is 12.6 Å².